The Hall–Kier alpha value is -2.14. The molecule has 0 saturated carbocycles. The summed E-state index contributed by atoms with van der Waals surface area (Å²) in [4.78, 5) is 12.1. The number of nitrogens with zero attached hydrogens (tertiary/aromatic N) is 2. The van der Waals surface area contributed by atoms with Crippen LogP contribution in [0.3, 0.4) is 0 Å². The average Bonchev–Trinajstić information content (AvgIpc) is 2.85. The van der Waals surface area contributed by atoms with Gasteiger partial charge in [-0.1, -0.05) is 25.1 Å². The number of carbonyl (C=O) groups is 1. The van der Waals surface area contributed by atoms with E-state index in [2.05, 4.69) is 22.7 Å². The second kappa shape index (κ2) is 7.04. The monoisotopic (exact) mass is 286 g/mol. The molecular formula is C16H22N4O. The van der Waals surface area contributed by atoms with Crippen molar-refractivity contribution in [2.45, 2.75) is 32.9 Å². The lowest BCUT2D eigenvalue weighted by Gasteiger charge is -2.14. The maximum atomic E-state index is 12.1. The summed E-state index contributed by atoms with van der Waals surface area (Å²) in [5.74, 6) is -0.0388. The highest BCUT2D eigenvalue weighted by Crippen LogP contribution is 2.08. The third-order valence-electron chi connectivity index (χ3n) is 3.36. The van der Waals surface area contributed by atoms with Crippen LogP contribution in [0.5, 0.6) is 0 Å². The minimum atomic E-state index is -0.268. The van der Waals surface area contributed by atoms with E-state index in [0.717, 1.165) is 23.4 Å². The van der Waals surface area contributed by atoms with E-state index in [0.29, 0.717) is 6.54 Å². The van der Waals surface area contributed by atoms with Gasteiger partial charge in [-0.2, -0.15) is 5.10 Å². The van der Waals surface area contributed by atoms with E-state index in [1.165, 1.54) is 0 Å². The summed E-state index contributed by atoms with van der Waals surface area (Å²) in [7, 11) is 1.91. The van der Waals surface area contributed by atoms with Crippen molar-refractivity contribution in [3.05, 3.63) is 47.8 Å². The van der Waals surface area contributed by atoms with Gasteiger partial charge in [-0.3, -0.25) is 9.48 Å². The van der Waals surface area contributed by atoms with Gasteiger partial charge in [-0.15, -0.1) is 0 Å². The first-order chi connectivity index (χ1) is 10.1. The number of rotatable bonds is 6. The minimum absolute atomic E-state index is 0.0388. The Morgan fingerprint density at radius 1 is 1.33 bits per heavy atom. The molecule has 0 spiro atoms. The van der Waals surface area contributed by atoms with E-state index in [1.807, 2.05) is 55.2 Å². The molecule has 0 radical (unpaired) electrons. The Bertz CT molecular complexity index is 592. The molecule has 0 aliphatic heterocycles. The van der Waals surface area contributed by atoms with E-state index < -0.39 is 0 Å². The van der Waals surface area contributed by atoms with E-state index >= 15 is 0 Å². The van der Waals surface area contributed by atoms with Gasteiger partial charge in [0.25, 0.3) is 0 Å². The highest BCUT2D eigenvalue weighted by atomic mass is 16.2. The summed E-state index contributed by atoms with van der Waals surface area (Å²) in [6.45, 7) is 4.58. The van der Waals surface area contributed by atoms with Crippen LogP contribution >= 0.6 is 0 Å². The molecule has 1 unspecified atom stereocenters. The maximum Gasteiger partial charge on any atom is 0.241 e. The lowest BCUT2D eigenvalue weighted by molar-refractivity contribution is -0.117. The van der Waals surface area contributed by atoms with Crippen LogP contribution in [0.15, 0.2) is 36.5 Å². The molecule has 2 rings (SSSR count). The Balaban J connectivity index is 1.89. The molecule has 0 fully saturated rings. The normalized spacial score (nSPS) is 12.1. The molecule has 0 saturated heterocycles. The Labute approximate surface area is 125 Å². The van der Waals surface area contributed by atoms with Gasteiger partial charge >= 0.3 is 0 Å². The van der Waals surface area contributed by atoms with Gasteiger partial charge in [-0.05, 0) is 25.5 Å². The van der Waals surface area contributed by atoms with Crippen molar-refractivity contribution in [3.63, 3.8) is 0 Å². The zero-order valence-electron chi connectivity index (χ0n) is 12.8. The fraction of sp³-hybridized carbons (Fsp3) is 0.375. The molecule has 1 aromatic carbocycles. The van der Waals surface area contributed by atoms with Crippen molar-refractivity contribution in [2.24, 2.45) is 7.05 Å². The Morgan fingerprint density at radius 2 is 2.05 bits per heavy atom. The number of hydrogen-bond acceptors (Lipinski definition) is 3. The predicted molar refractivity (Wildman–Crippen MR) is 84.0 cm³/mol. The third kappa shape index (κ3) is 4.16. The summed E-state index contributed by atoms with van der Waals surface area (Å²) < 4.78 is 1.81. The average molecular weight is 286 g/mol. The van der Waals surface area contributed by atoms with Crippen LogP contribution in [0.2, 0.25) is 0 Å². The van der Waals surface area contributed by atoms with E-state index in [4.69, 9.17) is 0 Å². The van der Waals surface area contributed by atoms with Gasteiger partial charge in [0.2, 0.25) is 5.91 Å². The van der Waals surface area contributed by atoms with Crippen LogP contribution in [-0.2, 0) is 24.8 Å². The summed E-state index contributed by atoms with van der Waals surface area (Å²) in [6.07, 6.45) is 2.89. The van der Waals surface area contributed by atoms with Gasteiger partial charge in [0.05, 0.1) is 11.7 Å². The van der Waals surface area contributed by atoms with Gasteiger partial charge in [-0.25, -0.2) is 0 Å². The number of amides is 1. The molecular weight excluding hydrogens is 264 g/mol. The third-order valence-corrected chi connectivity index (χ3v) is 3.36. The van der Waals surface area contributed by atoms with Crippen molar-refractivity contribution in [3.8, 4) is 0 Å². The van der Waals surface area contributed by atoms with Gasteiger partial charge in [0.1, 0.15) is 0 Å². The Morgan fingerprint density at radius 3 is 2.71 bits per heavy atom. The predicted octanol–water partition coefficient (Wildman–Crippen LogP) is 2.10. The number of para-hydroxylation sites is 1. The van der Waals surface area contributed by atoms with Crippen LogP contribution in [0.1, 0.15) is 25.1 Å². The summed E-state index contributed by atoms with van der Waals surface area (Å²) >= 11 is 0. The molecule has 0 bridgehead atoms. The number of carbonyl (C=O) groups excluding carboxylic acids is 1. The smallest absolute Gasteiger partial charge is 0.241 e. The molecule has 2 aromatic rings. The molecule has 1 atom stereocenters. The van der Waals surface area contributed by atoms with Crippen LogP contribution in [-0.4, -0.2) is 21.7 Å². The number of aryl methyl sites for hydroxylation is 2. The summed E-state index contributed by atoms with van der Waals surface area (Å²) in [6, 6.07) is 9.21. The molecule has 1 amide bonds. The highest BCUT2D eigenvalue weighted by Gasteiger charge is 2.14. The Kier molecular flexibility index (Phi) is 5.11. The van der Waals surface area contributed by atoms with E-state index in [9.17, 15) is 4.79 Å². The van der Waals surface area contributed by atoms with Gasteiger partial charge < -0.3 is 10.6 Å². The van der Waals surface area contributed by atoms with Gasteiger partial charge in [0, 0.05) is 31.0 Å². The fourth-order valence-corrected chi connectivity index (χ4v) is 2.16. The number of benzene rings is 1. The first-order valence-electron chi connectivity index (χ1n) is 7.20. The molecule has 0 aliphatic carbocycles. The number of aromatic nitrogens is 2. The maximum absolute atomic E-state index is 12.1. The summed E-state index contributed by atoms with van der Waals surface area (Å²) in [5, 5.41) is 10.5. The molecule has 1 heterocycles. The summed E-state index contributed by atoms with van der Waals surface area (Å²) in [5.41, 5.74) is 3.02. The number of hydrogen-bond donors (Lipinski definition) is 2. The first kappa shape index (κ1) is 15.3. The van der Waals surface area contributed by atoms with Crippen molar-refractivity contribution >= 4 is 11.6 Å². The van der Waals surface area contributed by atoms with Crippen molar-refractivity contribution in [2.75, 3.05) is 5.32 Å². The molecule has 112 valence electrons. The zero-order chi connectivity index (χ0) is 15.2. The molecule has 5 heteroatoms. The molecule has 2 N–H and O–H groups in total. The highest BCUT2D eigenvalue weighted by molar-refractivity contribution is 5.94. The molecule has 1 aromatic heterocycles. The second-order valence-corrected chi connectivity index (χ2v) is 5.09. The minimum Gasteiger partial charge on any atom is -0.325 e. The topological polar surface area (TPSA) is 59.0 Å². The SMILES string of the molecule is CCc1nn(C)cc1CNC(C)C(=O)Nc1ccccc1. The molecule has 21 heavy (non-hydrogen) atoms. The van der Waals surface area contributed by atoms with E-state index in [-0.39, 0.29) is 11.9 Å². The lowest BCUT2D eigenvalue weighted by Crippen LogP contribution is -2.37. The fourth-order valence-electron chi connectivity index (χ4n) is 2.16. The van der Waals surface area contributed by atoms with Crippen LogP contribution in [0.25, 0.3) is 0 Å². The first-order valence-corrected chi connectivity index (χ1v) is 7.20. The van der Waals surface area contributed by atoms with Crippen molar-refractivity contribution in [1.29, 1.82) is 0 Å². The number of nitrogens with one attached hydrogen (secondary N) is 2. The van der Waals surface area contributed by atoms with Crippen LogP contribution in [0.4, 0.5) is 5.69 Å². The number of anilines is 1. The van der Waals surface area contributed by atoms with Crippen LogP contribution < -0.4 is 10.6 Å². The van der Waals surface area contributed by atoms with Crippen molar-refractivity contribution < 1.29 is 4.79 Å². The quantitative estimate of drug-likeness (QED) is 0.855. The standard InChI is InChI=1S/C16H22N4O/c1-4-15-13(11-20(3)19-15)10-17-12(2)16(21)18-14-8-6-5-7-9-14/h5-9,11-12,17H,4,10H2,1-3H3,(H,18,21). The van der Waals surface area contributed by atoms with Crippen LogP contribution in [0, 0.1) is 0 Å². The second-order valence-electron chi connectivity index (χ2n) is 5.09. The van der Waals surface area contributed by atoms with Crippen molar-refractivity contribution in [1.82, 2.24) is 15.1 Å². The zero-order valence-corrected chi connectivity index (χ0v) is 12.8. The largest absolute Gasteiger partial charge is 0.325 e. The lowest BCUT2D eigenvalue weighted by atomic mass is 10.2. The van der Waals surface area contributed by atoms with E-state index in [1.54, 1.807) is 0 Å². The molecule has 0 aliphatic rings. The van der Waals surface area contributed by atoms with Gasteiger partial charge in [0.15, 0.2) is 0 Å². The molecule has 5 nitrogen and oxygen atoms in total.